The van der Waals surface area contributed by atoms with E-state index in [-0.39, 0.29) is 0 Å². The van der Waals surface area contributed by atoms with Crippen LogP contribution in [0.25, 0.3) is 0 Å². The lowest BCUT2D eigenvalue weighted by Crippen LogP contribution is -2.20. The van der Waals surface area contributed by atoms with E-state index in [9.17, 15) is 26.3 Å². The molecule has 8 heteroatoms. The van der Waals surface area contributed by atoms with Crippen LogP contribution in [0.4, 0.5) is 26.3 Å². The van der Waals surface area contributed by atoms with Gasteiger partial charge in [-0.15, -0.1) is 0 Å². The maximum absolute atomic E-state index is 12.2. The first-order chi connectivity index (χ1) is 7.53. The number of halogens is 7. The number of hydrogen-bond acceptors (Lipinski definition) is 1. The smallest absolute Gasteiger partial charge is 0.379 e. The zero-order valence-corrected chi connectivity index (χ0v) is 8.66. The molecule has 1 aromatic carbocycles. The molecule has 0 heterocycles. The van der Waals surface area contributed by atoms with Crippen LogP contribution in [-0.4, -0.2) is 11.3 Å². The van der Waals surface area contributed by atoms with Crippen LogP contribution in [0, 0.1) is 0 Å². The molecule has 1 nitrogen and oxygen atoms in total. The zero-order valence-electron chi connectivity index (χ0n) is 7.90. The number of hydrogen-bond donors (Lipinski definition) is 1. The fourth-order valence-electron chi connectivity index (χ4n) is 1.12. The molecule has 0 radical (unpaired) electrons. The van der Waals surface area contributed by atoms with Crippen molar-refractivity contribution in [3.63, 3.8) is 0 Å². The average molecular weight is 279 g/mol. The average Bonchev–Trinajstić information content (AvgIpc) is 2.12. The second kappa shape index (κ2) is 4.38. The van der Waals surface area contributed by atoms with Crippen molar-refractivity contribution in [3.8, 4) is 0 Å². The van der Waals surface area contributed by atoms with E-state index in [4.69, 9.17) is 16.7 Å². The van der Waals surface area contributed by atoms with E-state index in [1.807, 2.05) is 0 Å². The van der Waals surface area contributed by atoms with Crippen molar-refractivity contribution in [1.82, 2.24) is 0 Å². The Kier molecular flexibility index (Phi) is 3.63. The molecule has 0 bridgehead atoms. The monoisotopic (exact) mass is 278 g/mol. The highest BCUT2D eigenvalue weighted by molar-refractivity contribution is 6.31. The number of benzene rings is 1. The van der Waals surface area contributed by atoms with Crippen molar-refractivity contribution in [2.75, 3.05) is 0 Å². The molecule has 0 aliphatic heterocycles. The summed E-state index contributed by atoms with van der Waals surface area (Å²) in [6.07, 6.45) is -12.6. The van der Waals surface area contributed by atoms with Crippen LogP contribution in [0.2, 0.25) is 5.02 Å². The second-order valence-corrected chi connectivity index (χ2v) is 3.59. The van der Waals surface area contributed by atoms with Crippen molar-refractivity contribution < 1.29 is 31.4 Å². The summed E-state index contributed by atoms with van der Waals surface area (Å²) >= 11 is 5.21. The van der Waals surface area contributed by atoms with Gasteiger partial charge in [0.25, 0.3) is 0 Å². The lowest BCUT2D eigenvalue weighted by Gasteiger charge is -2.16. The normalized spacial score (nSPS) is 14.8. The van der Waals surface area contributed by atoms with E-state index in [1.54, 1.807) is 0 Å². The largest absolute Gasteiger partial charge is 0.418 e. The van der Waals surface area contributed by atoms with Gasteiger partial charge >= 0.3 is 12.4 Å². The van der Waals surface area contributed by atoms with Crippen LogP contribution in [0.15, 0.2) is 18.2 Å². The third-order valence-electron chi connectivity index (χ3n) is 1.92. The number of aliphatic hydroxyl groups is 1. The van der Waals surface area contributed by atoms with Crippen molar-refractivity contribution in [2.45, 2.75) is 18.5 Å². The van der Waals surface area contributed by atoms with Gasteiger partial charge in [-0.05, 0) is 17.7 Å². The van der Waals surface area contributed by atoms with Gasteiger partial charge in [-0.25, -0.2) is 0 Å². The standard InChI is InChI=1S/C9H5ClF6O/c10-6-3-4(7(17)9(14,15)16)1-2-5(6)8(11,12)13/h1-3,7,17H. The summed E-state index contributed by atoms with van der Waals surface area (Å²) in [5.41, 5.74) is -1.99. The Morgan fingerprint density at radius 1 is 1.06 bits per heavy atom. The molecule has 1 atom stereocenters. The summed E-state index contributed by atoms with van der Waals surface area (Å²) in [6.45, 7) is 0. The van der Waals surface area contributed by atoms with Crippen molar-refractivity contribution >= 4 is 11.6 Å². The van der Waals surface area contributed by atoms with Crippen molar-refractivity contribution in [2.24, 2.45) is 0 Å². The zero-order chi connectivity index (χ0) is 13.4. The molecule has 0 aliphatic carbocycles. The van der Waals surface area contributed by atoms with Gasteiger partial charge in [0.05, 0.1) is 10.6 Å². The van der Waals surface area contributed by atoms with E-state index < -0.39 is 34.6 Å². The SMILES string of the molecule is OC(c1ccc(C(F)(F)F)c(Cl)c1)C(F)(F)F. The first kappa shape index (κ1) is 14.1. The topological polar surface area (TPSA) is 20.2 Å². The van der Waals surface area contributed by atoms with E-state index >= 15 is 0 Å². The number of aliphatic hydroxyl groups excluding tert-OH is 1. The second-order valence-electron chi connectivity index (χ2n) is 3.18. The molecule has 1 rings (SSSR count). The van der Waals surface area contributed by atoms with Crippen LogP contribution in [-0.2, 0) is 6.18 Å². The Morgan fingerprint density at radius 2 is 1.59 bits per heavy atom. The predicted octanol–water partition coefficient (Wildman–Crippen LogP) is 3.95. The van der Waals surface area contributed by atoms with Crippen LogP contribution in [0.5, 0.6) is 0 Å². The van der Waals surface area contributed by atoms with Crippen LogP contribution < -0.4 is 0 Å². The quantitative estimate of drug-likeness (QED) is 0.771. The highest BCUT2D eigenvalue weighted by atomic mass is 35.5. The van der Waals surface area contributed by atoms with Crippen molar-refractivity contribution in [3.05, 3.63) is 34.3 Å². The molecule has 0 saturated heterocycles. The molecular formula is C9H5ClF6O. The molecule has 0 aliphatic rings. The molecule has 0 spiro atoms. The maximum atomic E-state index is 12.2. The summed E-state index contributed by atoms with van der Waals surface area (Å²) in [5, 5.41) is 7.92. The van der Waals surface area contributed by atoms with E-state index in [0.29, 0.717) is 18.2 Å². The minimum Gasteiger partial charge on any atom is -0.379 e. The Morgan fingerprint density at radius 3 is 1.94 bits per heavy atom. The minimum absolute atomic E-state index is 0.395. The lowest BCUT2D eigenvalue weighted by molar-refractivity contribution is -0.206. The molecule has 0 amide bonds. The summed E-state index contributed by atoms with van der Waals surface area (Å²) in [7, 11) is 0. The number of rotatable bonds is 1. The van der Waals surface area contributed by atoms with Crippen LogP contribution in [0.1, 0.15) is 17.2 Å². The highest BCUT2D eigenvalue weighted by Crippen LogP contribution is 2.38. The molecule has 0 saturated carbocycles. The van der Waals surface area contributed by atoms with Crippen LogP contribution >= 0.6 is 11.6 Å². The molecule has 96 valence electrons. The molecule has 1 unspecified atom stereocenters. The molecule has 0 fully saturated rings. The van der Waals surface area contributed by atoms with Gasteiger partial charge in [-0.2, -0.15) is 26.3 Å². The lowest BCUT2D eigenvalue weighted by atomic mass is 10.1. The fourth-order valence-corrected chi connectivity index (χ4v) is 1.42. The Labute approximate surface area is 96.6 Å². The first-order valence-corrected chi connectivity index (χ1v) is 4.52. The van der Waals surface area contributed by atoms with E-state index in [1.165, 1.54) is 0 Å². The van der Waals surface area contributed by atoms with E-state index in [0.717, 1.165) is 0 Å². The summed E-state index contributed by atoms with van der Waals surface area (Å²) in [6, 6.07) is 1.38. The molecule has 0 aromatic heterocycles. The van der Waals surface area contributed by atoms with Gasteiger partial charge in [0.2, 0.25) is 0 Å². The van der Waals surface area contributed by atoms with Crippen molar-refractivity contribution in [1.29, 1.82) is 0 Å². The third-order valence-corrected chi connectivity index (χ3v) is 2.24. The Hall–Kier alpha value is -0.950. The Balaban J connectivity index is 3.14. The summed E-state index contributed by atoms with van der Waals surface area (Å²) in [5.74, 6) is 0. The first-order valence-electron chi connectivity index (χ1n) is 4.15. The van der Waals surface area contributed by atoms with Gasteiger partial charge in [0.15, 0.2) is 6.10 Å². The number of alkyl halides is 6. The van der Waals surface area contributed by atoms with Gasteiger partial charge in [-0.3, -0.25) is 0 Å². The highest BCUT2D eigenvalue weighted by Gasteiger charge is 2.40. The molecule has 17 heavy (non-hydrogen) atoms. The van der Waals surface area contributed by atoms with Gasteiger partial charge in [-0.1, -0.05) is 17.7 Å². The summed E-state index contributed by atoms with van der Waals surface area (Å²) in [4.78, 5) is 0. The van der Waals surface area contributed by atoms with Gasteiger partial charge < -0.3 is 5.11 Å². The molecule has 1 aromatic rings. The minimum atomic E-state index is -4.96. The Bertz CT molecular complexity index is 411. The van der Waals surface area contributed by atoms with Crippen LogP contribution in [0.3, 0.4) is 0 Å². The predicted molar refractivity (Wildman–Crippen MR) is 47.5 cm³/mol. The fraction of sp³-hybridized carbons (Fsp3) is 0.333. The van der Waals surface area contributed by atoms with Gasteiger partial charge in [0, 0.05) is 0 Å². The summed E-state index contributed by atoms with van der Waals surface area (Å²) < 4.78 is 73.0. The maximum Gasteiger partial charge on any atom is 0.418 e. The molecular weight excluding hydrogens is 274 g/mol. The molecule has 1 N–H and O–H groups in total. The van der Waals surface area contributed by atoms with Gasteiger partial charge in [0.1, 0.15) is 0 Å². The van der Waals surface area contributed by atoms with E-state index in [2.05, 4.69) is 0 Å². The third kappa shape index (κ3) is 3.26.